The van der Waals surface area contributed by atoms with Gasteiger partial charge in [-0.1, -0.05) is 0 Å². The SMILES string of the molecule is CCC(N)(CC)c1cc([AsH2])ccc1O. The van der Waals surface area contributed by atoms with Crippen LogP contribution in [0.15, 0.2) is 18.2 Å². The van der Waals surface area contributed by atoms with E-state index in [1.54, 1.807) is 22.9 Å². The molecule has 78 valence electrons. The van der Waals surface area contributed by atoms with Gasteiger partial charge in [0.1, 0.15) is 0 Å². The molecule has 14 heavy (non-hydrogen) atoms. The zero-order valence-electron chi connectivity index (χ0n) is 8.75. The molecular formula is C11H18AsNO. The van der Waals surface area contributed by atoms with Crippen LogP contribution in [0.5, 0.6) is 5.75 Å². The summed E-state index contributed by atoms with van der Waals surface area (Å²) in [4.78, 5) is 0. The van der Waals surface area contributed by atoms with Crippen molar-refractivity contribution in [3.63, 3.8) is 0 Å². The number of nitrogens with two attached hydrogens (primary N) is 1. The van der Waals surface area contributed by atoms with Gasteiger partial charge < -0.3 is 0 Å². The van der Waals surface area contributed by atoms with Crippen molar-refractivity contribution < 1.29 is 5.11 Å². The summed E-state index contributed by atoms with van der Waals surface area (Å²) in [6, 6.07) is 5.66. The number of rotatable bonds is 3. The van der Waals surface area contributed by atoms with Crippen molar-refractivity contribution in [2.24, 2.45) is 5.73 Å². The Morgan fingerprint density at radius 3 is 2.43 bits per heavy atom. The monoisotopic (exact) mass is 255 g/mol. The van der Waals surface area contributed by atoms with Crippen LogP contribution >= 0.6 is 0 Å². The molecule has 0 saturated carbocycles. The van der Waals surface area contributed by atoms with Crippen molar-refractivity contribution in [2.45, 2.75) is 32.2 Å². The second-order valence-electron chi connectivity index (χ2n) is 3.64. The van der Waals surface area contributed by atoms with Crippen molar-refractivity contribution in [1.82, 2.24) is 0 Å². The van der Waals surface area contributed by atoms with E-state index in [0.717, 1.165) is 18.4 Å². The van der Waals surface area contributed by atoms with Crippen LogP contribution in [0.25, 0.3) is 0 Å². The van der Waals surface area contributed by atoms with Gasteiger partial charge in [-0.3, -0.25) is 0 Å². The third-order valence-electron chi connectivity index (χ3n) is 2.82. The van der Waals surface area contributed by atoms with Crippen molar-refractivity contribution in [3.05, 3.63) is 23.8 Å². The van der Waals surface area contributed by atoms with E-state index in [0.29, 0.717) is 5.75 Å². The minimum absolute atomic E-state index is 0.317. The summed E-state index contributed by atoms with van der Waals surface area (Å²) in [6.07, 6.45) is 1.68. The van der Waals surface area contributed by atoms with E-state index in [-0.39, 0.29) is 5.54 Å². The van der Waals surface area contributed by atoms with Crippen LogP contribution in [0.2, 0.25) is 0 Å². The summed E-state index contributed by atoms with van der Waals surface area (Å²) >= 11 is 1.55. The topological polar surface area (TPSA) is 46.2 Å². The second-order valence-corrected chi connectivity index (χ2v) is 5.04. The van der Waals surface area contributed by atoms with E-state index in [1.165, 1.54) is 4.35 Å². The number of phenols is 1. The number of hydrogen-bond acceptors (Lipinski definition) is 2. The molecule has 0 radical (unpaired) electrons. The van der Waals surface area contributed by atoms with Gasteiger partial charge in [0.05, 0.1) is 0 Å². The normalized spacial score (nSPS) is 11.7. The van der Waals surface area contributed by atoms with Crippen molar-refractivity contribution >= 4 is 21.2 Å². The zero-order chi connectivity index (χ0) is 10.8. The Balaban J connectivity index is 3.22. The Kier molecular flexibility index (Phi) is 3.63. The molecule has 1 atom stereocenters. The predicted molar refractivity (Wildman–Crippen MR) is 62.7 cm³/mol. The molecule has 1 aromatic carbocycles. The van der Waals surface area contributed by atoms with Gasteiger partial charge in [-0.05, 0) is 0 Å². The molecule has 0 aliphatic heterocycles. The van der Waals surface area contributed by atoms with Gasteiger partial charge in [-0.25, -0.2) is 0 Å². The van der Waals surface area contributed by atoms with Crippen LogP contribution in [0, 0.1) is 0 Å². The maximum atomic E-state index is 9.76. The van der Waals surface area contributed by atoms with E-state index in [9.17, 15) is 5.11 Å². The van der Waals surface area contributed by atoms with Crippen molar-refractivity contribution in [3.8, 4) is 5.75 Å². The van der Waals surface area contributed by atoms with E-state index < -0.39 is 0 Å². The van der Waals surface area contributed by atoms with Crippen LogP contribution < -0.4 is 10.1 Å². The van der Waals surface area contributed by atoms with Gasteiger partial charge >= 0.3 is 93.8 Å². The summed E-state index contributed by atoms with van der Waals surface area (Å²) in [5.41, 5.74) is 6.73. The molecule has 3 N–H and O–H groups in total. The molecule has 0 aromatic heterocycles. The van der Waals surface area contributed by atoms with Crippen LogP contribution in [0.3, 0.4) is 0 Å². The summed E-state index contributed by atoms with van der Waals surface area (Å²) in [7, 11) is 0. The van der Waals surface area contributed by atoms with Crippen molar-refractivity contribution in [1.29, 1.82) is 0 Å². The van der Waals surface area contributed by atoms with E-state index >= 15 is 0 Å². The van der Waals surface area contributed by atoms with Crippen LogP contribution in [0.1, 0.15) is 32.3 Å². The third-order valence-corrected chi connectivity index (χ3v) is 3.57. The summed E-state index contributed by atoms with van der Waals surface area (Å²) in [5.74, 6) is 0.317. The molecule has 0 aliphatic rings. The quantitative estimate of drug-likeness (QED) is 0.778. The Labute approximate surface area is 94.0 Å². The molecular weight excluding hydrogens is 237 g/mol. The van der Waals surface area contributed by atoms with Crippen LogP contribution in [0.4, 0.5) is 0 Å². The number of hydrogen-bond donors (Lipinski definition) is 2. The maximum absolute atomic E-state index is 9.76. The number of benzene rings is 1. The first kappa shape index (κ1) is 11.6. The fraction of sp³-hybridized carbons (Fsp3) is 0.455. The minimum atomic E-state index is -0.383. The Morgan fingerprint density at radius 1 is 1.36 bits per heavy atom. The van der Waals surface area contributed by atoms with Crippen LogP contribution in [-0.4, -0.2) is 22.0 Å². The fourth-order valence-electron chi connectivity index (χ4n) is 1.58. The molecule has 1 unspecified atom stereocenters. The molecule has 3 heteroatoms. The summed E-state index contributed by atoms with van der Waals surface area (Å²) in [5, 5.41) is 9.76. The van der Waals surface area contributed by atoms with E-state index in [4.69, 9.17) is 5.73 Å². The average molecular weight is 255 g/mol. The molecule has 0 fully saturated rings. The molecule has 0 aliphatic carbocycles. The standard InChI is InChI=1S/C11H18AsNO/c1-3-11(13,4-2)9-7-8(12)5-6-10(9)14/h5-7,14H,3-4,12-13H2,1-2H3. The van der Waals surface area contributed by atoms with Gasteiger partial charge in [0, 0.05) is 0 Å². The Hall–Kier alpha value is -0.462. The first-order valence-electron chi connectivity index (χ1n) is 4.91. The fourth-order valence-corrected chi connectivity index (χ4v) is 2.13. The Morgan fingerprint density at radius 2 is 1.93 bits per heavy atom. The molecule has 0 saturated heterocycles. The average Bonchev–Trinajstić information content (AvgIpc) is 2.20. The third kappa shape index (κ3) is 2.13. The van der Waals surface area contributed by atoms with Crippen molar-refractivity contribution in [2.75, 3.05) is 0 Å². The molecule has 0 bridgehead atoms. The van der Waals surface area contributed by atoms with Gasteiger partial charge in [-0.2, -0.15) is 0 Å². The van der Waals surface area contributed by atoms with E-state index in [1.807, 2.05) is 12.1 Å². The second kappa shape index (κ2) is 4.37. The van der Waals surface area contributed by atoms with Gasteiger partial charge in [0.15, 0.2) is 0 Å². The number of phenolic OH excluding ortho intramolecular Hbond substituents is 1. The molecule has 0 heterocycles. The van der Waals surface area contributed by atoms with Gasteiger partial charge in [0.25, 0.3) is 0 Å². The summed E-state index contributed by atoms with van der Waals surface area (Å²) in [6.45, 7) is 4.10. The molecule has 1 rings (SSSR count). The first-order valence-corrected chi connectivity index (χ1v) is 6.12. The first-order chi connectivity index (χ1) is 6.53. The Bertz CT molecular complexity index is 321. The molecule has 2 nitrogen and oxygen atoms in total. The molecule has 0 spiro atoms. The molecule has 0 amide bonds. The van der Waals surface area contributed by atoms with Crippen LogP contribution in [-0.2, 0) is 5.54 Å². The number of aromatic hydroxyl groups is 1. The predicted octanol–water partition coefficient (Wildman–Crippen LogP) is 0.625. The molecule has 1 aromatic rings. The zero-order valence-corrected chi connectivity index (χ0v) is 11.2. The summed E-state index contributed by atoms with van der Waals surface area (Å²) < 4.78 is 1.20. The van der Waals surface area contributed by atoms with E-state index in [2.05, 4.69) is 13.8 Å². The van der Waals surface area contributed by atoms with Gasteiger partial charge in [0.2, 0.25) is 0 Å². The van der Waals surface area contributed by atoms with Gasteiger partial charge in [-0.15, -0.1) is 0 Å².